The van der Waals surface area contributed by atoms with Crippen LogP contribution in [0.4, 0.5) is 0 Å². The van der Waals surface area contributed by atoms with Crippen molar-refractivity contribution in [3.63, 3.8) is 0 Å². The SMILES string of the molecule is O=Cc1ccccc1OC/C=C/Cl. The van der Waals surface area contributed by atoms with Gasteiger partial charge in [-0.3, -0.25) is 4.79 Å². The number of carbonyl (C=O) groups excluding carboxylic acids is 1. The molecule has 0 aliphatic carbocycles. The summed E-state index contributed by atoms with van der Waals surface area (Å²) < 4.78 is 5.27. The van der Waals surface area contributed by atoms with Gasteiger partial charge in [-0.2, -0.15) is 0 Å². The Morgan fingerprint density at radius 3 is 2.85 bits per heavy atom. The summed E-state index contributed by atoms with van der Waals surface area (Å²) >= 11 is 5.31. The summed E-state index contributed by atoms with van der Waals surface area (Å²) in [5.74, 6) is 0.576. The van der Waals surface area contributed by atoms with E-state index >= 15 is 0 Å². The summed E-state index contributed by atoms with van der Waals surface area (Å²) in [6.45, 7) is 0.369. The number of ether oxygens (including phenoxy) is 1. The third kappa shape index (κ3) is 2.92. The Morgan fingerprint density at radius 2 is 2.15 bits per heavy atom. The highest BCUT2D eigenvalue weighted by Gasteiger charge is 1.98. The van der Waals surface area contributed by atoms with Gasteiger partial charge < -0.3 is 4.74 Å². The van der Waals surface area contributed by atoms with E-state index in [2.05, 4.69) is 0 Å². The van der Waals surface area contributed by atoms with E-state index in [1.165, 1.54) is 5.54 Å². The highest BCUT2D eigenvalue weighted by Crippen LogP contribution is 2.15. The van der Waals surface area contributed by atoms with Crippen molar-refractivity contribution >= 4 is 17.9 Å². The van der Waals surface area contributed by atoms with Gasteiger partial charge in [0.25, 0.3) is 0 Å². The van der Waals surface area contributed by atoms with Crippen molar-refractivity contribution in [2.45, 2.75) is 0 Å². The largest absolute Gasteiger partial charge is 0.489 e. The molecule has 2 nitrogen and oxygen atoms in total. The van der Waals surface area contributed by atoms with Crippen LogP contribution in [-0.4, -0.2) is 12.9 Å². The molecule has 0 radical (unpaired) electrons. The fourth-order valence-corrected chi connectivity index (χ4v) is 0.956. The van der Waals surface area contributed by atoms with Crippen molar-refractivity contribution in [1.82, 2.24) is 0 Å². The molecule has 13 heavy (non-hydrogen) atoms. The normalized spacial score (nSPS) is 10.2. The minimum Gasteiger partial charge on any atom is -0.489 e. The topological polar surface area (TPSA) is 26.3 Å². The molecule has 0 saturated carbocycles. The number of para-hydroxylation sites is 1. The lowest BCUT2D eigenvalue weighted by Gasteiger charge is -2.04. The summed E-state index contributed by atoms with van der Waals surface area (Å²) in [7, 11) is 0. The molecule has 0 atom stereocenters. The summed E-state index contributed by atoms with van der Waals surface area (Å²) in [4.78, 5) is 10.5. The standard InChI is InChI=1S/C10H9ClO2/c11-6-3-7-13-10-5-2-1-4-9(10)8-12/h1-6,8H,7H2/b6-3+. The van der Waals surface area contributed by atoms with Crippen molar-refractivity contribution in [3.8, 4) is 5.75 Å². The number of aldehydes is 1. The predicted molar refractivity (Wildman–Crippen MR) is 52.3 cm³/mol. The molecule has 0 amide bonds. The Balaban J connectivity index is 2.69. The Kier molecular flexibility index (Phi) is 4.06. The first kappa shape index (κ1) is 9.81. The molecule has 1 aromatic rings. The minimum atomic E-state index is 0.369. The number of halogens is 1. The quantitative estimate of drug-likeness (QED) is 0.692. The van der Waals surface area contributed by atoms with Gasteiger partial charge in [0.05, 0.1) is 5.56 Å². The fraction of sp³-hybridized carbons (Fsp3) is 0.100. The second-order valence-electron chi connectivity index (χ2n) is 2.33. The van der Waals surface area contributed by atoms with Crippen LogP contribution in [0.2, 0.25) is 0 Å². The highest BCUT2D eigenvalue weighted by molar-refractivity contribution is 6.25. The van der Waals surface area contributed by atoms with Crippen LogP contribution in [0.25, 0.3) is 0 Å². The molecular formula is C10H9ClO2. The molecule has 0 saturated heterocycles. The zero-order valence-electron chi connectivity index (χ0n) is 6.94. The van der Waals surface area contributed by atoms with Gasteiger partial charge in [0.15, 0.2) is 6.29 Å². The minimum absolute atomic E-state index is 0.369. The van der Waals surface area contributed by atoms with Crippen LogP contribution in [0.15, 0.2) is 35.9 Å². The maximum absolute atomic E-state index is 10.5. The Morgan fingerprint density at radius 1 is 1.38 bits per heavy atom. The average molecular weight is 197 g/mol. The van der Waals surface area contributed by atoms with E-state index in [0.29, 0.717) is 17.9 Å². The van der Waals surface area contributed by atoms with Crippen LogP contribution in [0.3, 0.4) is 0 Å². The van der Waals surface area contributed by atoms with Crippen LogP contribution < -0.4 is 4.74 Å². The zero-order chi connectivity index (χ0) is 9.52. The lowest BCUT2D eigenvalue weighted by atomic mass is 10.2. The maximum Gasteiger partial charge on any atom is 0.153 e. The first-order valence-corrected chi connectivity index (χ1v) is 4.24. The summed E-state index contributed by atoms with van der Waals surface area (Å²) in [5.41, 5.74) is 1.93. The van der Waals surface area contributed by atoms with E-state index in [1.807, 2.05) is 6.07 Å². The lowest BCUT2D eigenvalue weighted by Crippen LogP contribution is -1.96. The Hall–Kier alpha value is -1.28. The van der Waals surface area contributed by atoms with Gasteiger partial charge in [-0.25, -0.2) is 0 Å². The molecular weight excluding hydrogens is 188 g/mol. The van der Waals surface area contributed by atoms with Crippen molar-refractivity contribution < 1.29 is 9.53 Å². The molecule has 1 aromatic carbocycles. The van der Waals surface area contributed by atoms with Crippen molar-refractivity contribution in [3.05, 3.63) is 41.4 Å². The van der Waals surface area contributed by atoms with E-state index in [9.17, 15) is 4.79 Å². The molecule has 0 bridgehead atoms. The number of benzene rings is 1. The van der Waals surface area contributed by atoms with Gasteiger partial charge in [0, 0.05) is 5.54 Å². The monoisotopic (exact) mass is 196 g/mol. The Bertz CT molecular complexity index is 308. The van der Waals surface area contributed by atoms with E-state index < -0.39 is 0 Å². The molecule has 0 fully saturated rings. The molecule has 0 N–H and O–H groups in total. The molecule has 0 unspecified atom stereocenters. The average Bonchev–Trinajstić information content (AvgIpc) is 2.19. The third-order valence-corrected chi connectivity index (χ3v) is 1.65. The smallest absolute Gasteiger partial charge is 0.153 e. The zero-order valence-corrected chi connectivity index (χ0v) is 7.70. The summed E-state index contributed by atoms with van der Waals surface area (Å²) in [5, 5.41) is 0. The third-order valence-electron chi connectivity index (χ3n) is 1.47. The highest BCUT2D eigenvalue weighted by atomic mass is 35.5. The molecule has 0 aliphatic heterocycles. The number of rotatable bonds is 4. The van der Waals surface area contributed by atoms with Crippen molar-refractivity contribution in [1.29, 1.82) is 0 Å². The summed E-state index contributed by atoms with van der Waals surface area (Å²) in [6.07, 6.45) is 2.42. The van der Waals surface area contributed by atoms with Gasteiger partial charge in [-0.05, 0) is 18.2 Å². The first-order valence-electron chi connectivity index (χ1n) is 3.80. The van der Waals surface area contributed by atoms with Gasteiger partial charge in [0.2, 0.25) is 0 Å². The van der Waals surface area contributed by atoms with Crippen LogP contribution in [-0.2, 0) is 0 Å². The van der Waals surface area contributed by atoms with E-state index in [-0.39, 0.29) is 0 Å². The summed E-state index contributed by atoms with van der Waals surface area (Å²) in [6, 6.07) is 7.04. The van der Waals surface area contributed by atoms with Crippen molar-refractivity contribution in [2.24, 2.45) is 0 Å². The molecule has 68 valence electrons. The first-order chi connectivity index (χ1) is 6.38. The molecule has 0 heterocycles. The van der Waals surface area contributed by atoms with Crippen LogP contribution >= 0.6 is 11.6 Å². The van der Waals surface area contributed by atoms with Crippen LogP contribution in [0.1, 0.15) is 10.4 Å². The molecule has 0 spiro atoms. The maximum atomic E-state index is 10.5. The predicted octanol–water partition coefficient (Wildman–Crippen LogP) is 2.63. The molecule has 0 aliphatic rings. The number of hydrogen-bond donors (Lipinski definition) is 0. The lowest BCUT2D eigenvalue weighted by molar-refractivity contribution is 0.112. The van der Waals surface area contributed by atoms with E-state index in [4.69, 9.17) is 16.3 Å². The number of carbonyl (C=O) groups is 1. The molecule has 1 rings (SSSR count). The number of hydrogen-bond acceptors (Lipinski definition) is 2. The molecule has 3 heteroatoms. The van der Waals surface area contributed by atoms with E-state index in [0.717, 1.165) is 6.29 Å². The van der Waals surface area contributed by atoms with Crippen molar-refractivity contribution in [2.75, 3.05) is 6.61 Å². The van der Waals surface area contributed by atoms with Gasteiger partial charge in [0.1, 0.15) is 12.4 Å². The van der Waals surface area contributed by atoms with Gasteiger partial charge in [-0.15, -0.1) is 0 Å². The van der Waals surface area contributed by atoms with Gasteiger partial charge >= 0.3 is 0 Å². The molecule has 0 aromatic heterocycles. The fourth-order valence-electron chi connectivity index (χ4n) is 0.884. The van der Waals surface area contributed by atoms with Crippen LogP contribution in [0.5, 0.6) is 5.75 Å². The van der Waals surface area contributed by atoms with Gasteiger partial charge in [-0.1, -0.05) is 23.7 Å². The second-order valence-corrected chi connectivity index (χ2v) is 2.58. The van der Waals surface area contributed by atoms with E-state index in [1.54, 1.807) is 24.3 Å². The second kappa shape index (κ2) is 5.38. The van der Waals surface area contributed by atoms with Crippen LogP contribution in [0, 0.1) is 0 Å². The Labute approximate surface area is 81.8 Å².